The van der Waals surface area contributed by atoms with Gasteiger partial charge in [-0.3, -0.25) is 4.79 Å². The number of hydrogen-bond acceptors (Lipinski definition) is 6. The quantitative estimate of drug-likeness (QED) is 0.566. The molecule has 0 bridgehead atoms. The lowest BCUT2D eigenvalue weighted by Gasteiger charge is -2.31. The molecule has 2 aliphatic rings. The summed E-state index contributed by atoms with van der Waals surface area (Å²) >= 11 is 0. The summed E-state index contributed by atoms with van der Waals surface area (Å²) in [5.74, 6) is -0.131. The predicted molar refractivity (Wildman–Crippen MR) is 136 cm³/mol. The third-order valence-corrected chi connectivity index (χ3v) is 8.90. The van der Waals surface area contributed by atoms with E-state index in [9.17, 15) is 17.6 Å². The number of hydrogen-bond donors (Lipinski definition) is 1. The fraction of sp³-hybridized carbons (Fsp3) is 0.423. The van der Waals surface area contributed by atoms with E-state index in [-0.39, 0.29) is 29.7 Å². The van der Waals surface area contributed by atoms with Crippen molar-refractivity contribution in [1.29, 1.82) is 0 Å². The molecule has 3 aromatic rings. The lowest BCUT2D eigenvalue weighted by molar-refractivity contribution is -0.00312. The second-order valence-electron chi connectivity index (χ2n) is 9.46. The van der Waals surface area contributed by atoms with Gasteiger partial charge in [-0.1, -0.05) is 0 Å². The number of likely N-dealkylation sites (N-methyl/N-ethyl adjacent to an activating group) is 1. The van der Waals surface area contributed by atoms with Crippen LogP contribution in [-0.2, 0) is 14.8 Å². The summed E-state index contributed by atoms with van der Waals surface area (Å²) < 4.78 is 52.7. The molecule has 10 heteroatoms. The number of anilines is 1. The van der Waals surface area contributed by atoms with Gasteiger partial charge in [0.15, 0.2) is 0 Å². The molecule has 5 rings (SSSR count). The molecule has 3 heterocycles. The van der Waals surface area contributed by atoms with E-state index in [1.165, 1.54) is 12.1 Å². The van der Waals surface area contributed by atoms with Crippen molar-refractivity contribution in [3.05, 3.63) is 53.3 Å². The van der Waals surface area contributed by atoms with Gasteiger partial charge in [0.25, 0.3) is 5.91 Å². The molecule has 2 atom stereocenters. The minimum atomic E-state index is -3.26. The van der Waals surface area contributed by atoms with Gasteiger partial charge in [0, 0.05) is 62.0 Å². The van der Waals surface area contributed by atoms with Crippen molar-refractivity contribution in [2.45, 2.75) is 32.0 Å². The minimum Gasteiger partial charge on any atom is -0.455 e. The average Bonchev–Trinajstić information content (AvgIpc) is 3.17. The summed E-state index contributed by atoms with van der Waals surface area (Å²) in [6.45, 7) is 3.26. The zero-order valence-corrected chi connectivity index (χ0v) is 21.4. The highest BCUT2D eigenvalue weighted by Gasteiger charge is 2.33. The van der Waals surface area contributed by atoms with Crippen molar-refractivity contribution in [3.63, 3.8) is 0 Å². The van der Waals surface area contributed by atoms with Gasteiger partial charge in [0.2, 0.25) is 10.0 Å². The van der Waals surface area contributed by atoms with Gasteiger partial charge < -0.3 is 19.4 Å². The van der Waals surface area contributed by atoms with Crippen LogP contribution in [-0.4, -0.2) is 64.2 Å². The first kappa shape index (κ1) is 24.7. The van der Waals surface area contributed by atoms with Gasteiger partial charge in [-0.15, -0.1) is 0 Å². The Bertz CT molecular complexity index is 1400. The molecule has 192 valence electrons. The Hall–Kier alpha value is -2.95. The zero-order chi connectivity index (χ0) is 25.6. The molecular weight excluding hydrogens is 485 g/mol. The Balaban J connectivity index is 1.54. The Morgan fingerprint density at radius 2 is 1.94 bits per heavy atom. The first-order valence-electron chi connectivity index (χ1n) is 12.1. The molecule has 1 aromatic heterocycles. The Kier molecular flexibility index (Phi) is 6.52. The largest absolute Gasteiger partial charge is 0.455 e. The fourth-order valence-corrected chi connectivity index (χ4v) is 6.77. The summed E-state index contributed by atoms with van der Waals surface area (Å²) in [4.78, 5) is 15.0. The van der Waals surface area contributed by atoms with Gasteiger partial charge in [0.05, 0.1) is 23.5 Å². The van der Waals surface area contributed by atoms with Crippen LogP contribution in [0.5, 0.6) is 0 Å². The summed E-state index contributed by atoms with van der Waals surface area (Å²) in [5, 5.41) is 3.31. The smallest absolute Gasteiger partial charge is 0.255 e. The standard InChI is InChI=1S/C26H30FN3O5S/c1-16-20-12-21-23(35-25(24(21)26(31)28-2)17-6-8-18(27)9-7-17)13-22(20)29(3)14-19(34-16)15-30-10-4-5-11-36(30,32)33/h6-9,12-13,16,19H,4-5,10-11,14-15H2,1-3H3,(H,28,31)/t16-,19-/m0/s1. The highest BCUT2D eigenvalue weighted by atomic mass is 32.2. The Morgan fingerprint density at radius 3 is 2.64 bits per heavy atom. The molecule has 1 fully saturated rings. The number of amides is 1. The normalized spacial score (nSPS) is 22.3. The lowest BCUT2D eigenvalue weighted by Crippen LogP contribution is -2.45. The van der Waals surface area contributed by atoms with Gasteiger partial charge in [0.1, 0.15) is 17.2 Å². The molecule has 0 saturated carbocycles. The highest BCUT2D eigenvalue weighted by Crippen LogP contribution is 2.41. The molecule has 2 aromatic carbocycles. The second-order valence-corrected chi connectivity index (χ2v) is 11.5. The summed E-state index contributed by atoms with van der Waals surface area (Å²) in [7, 11) is 0.232. The molecule has 8 nitrogen and oxygen atoms in total. The first-order chi connectivity index (χ1) is 17.2. The van der Waals surface area contributed by atoms with E-state index >= 15 is 0 Å². The Labute approximate surface area is 210 Å². The van der Waals surface area contributed by atoms with E-state index in [2.05, 4.69) is 5.32 Å². The fourth-order valence-electron chi connectivity index (χ4n) is 5.14. The summed E-state index contributed by atoms with van der Waals surface area (Å²) in [6.07, 6.45) is 0.893. The molecule has 36 heavy (non-hydrogen) atoms. The van der Waals surface area contributed by atoms with Crippen molar-refractivity contribution in [3.8, 4) is 11.3 Å². The molecule has 0 unspecified atom stereocenters. The van der Waals surface area contributed by atoms with Crippen molar-refractivity contribution in [1.82, 2.24) is 9.62 Å². The van der Waals surface area contributed by atoms with Crippen molar-refractivity contribution in [2.24, 2.45) is 0 Å². The third kappa shape index (κ3) is 4.49. The van der Waals surface area contributed by atoms with Crippen molar-refractivity contribution >= 4 is 32.6 Å². The van der Waals surface area contributed by atoms with Crippen LogP contribution in [0.4, 0.5) is 10.1 Å². The number of carbonyl (C=O) groups is 1. The van der Waals surface area contributed by atoms with Crippen LogP contribution in [0.3, 0.4) is 0 Å². The number of nitrogens with one attached hydrogen (secondary N) is 1. The number of rotatable bonds is 4. The average molecular weight is 516 g/mol. The topological polar surface area (TPSA) is 92.1 Å². The summed E-state index contributed by atoms with van der Waals surface area (Å²) in [5.41, 5.74) is 3.27. The predicted octanol–water partition coefficient (Wildman–Crippen LogP) is 3.92. The SMILES string of the molecule is CNC(=O)c1c(-c2ccc(F)cc2)oc2cc3c(cc12)[C@H](C)O[C@H](CN1CCCCS1(=O)=O)CN3C. The molecule has 1 amide bonds. The van der Waals surface area contributed by atoms with Gasteiger partial charge in [-0.2, -0.15) is 4.31 Å². The van der Waals surface area contributed by atoms with Gasteiger partial charge in [-0.25, -0.2) is 12.8 Å². The minimum absolute atomic E-state index is 0.181. The number of fused-ring (bicyclic) bond motifs is 2. The third-order valence-electron chi connectivity index (χ3n) is 6.98. The molecule has 0 aliphatic carbocycles. The Morgan fingerprint density at radius 1 is 1.19 bits per heavy atom. The number of nitrogens with zero attached hydrogens (tertiary/aromatic N) is 2. The van der Waals surface area contributed by atoms with Crippen LogP contribution in [0.1, 0.15) is 41.8 Å². The number of benzene rings is 2. The van der Waals surface area contributed by atoms with Crippen LogP contribution < -0.4 is 10.2 Å². The van der Waals surface area contributed by atoms with Crippen LogP contribution in [0.15, 0.2) is 40.8 Å². The maximum absolute atomic E-state index is 13.5. The number of furan rings is 1. The van der Waals surface area contributed by atoms with E-state index in [0.29, 0.717) is 53.9 Å². The number of carbonyl (C=O) groups excluding carboxylic acids is 1. The van der Waals surface area contributed by atoms with Gasteiger partial charge >= 0.3 is 0 Å². The lowest BCUT2D eigenvalue weighted by atomic mass is 10.00. The second kappa shape index (κ2) is 9.49. The van der Waals surface area contributed by atoms with E-state index in [4.69, 9.17) is 9.15 Å². The summed E-state index contributed by atoms with van der Waals surface area (Å²) in [6, 6.07) is 9.63. The van der Waals surface area contributed by atoms with E-state index in [0.717, 1.165) is 17.7 Å². The number of halogens is 1. The van der Waals surface area contributed by atoms with Crippen LogP contribution in [0, 0.1) is 5.82 Å². The van der Waals surface area contributed by atoms with E-state index < -0.39 is 10.0 Å². The van der Waals surface area contributed by atoms with Crippen molar-refractivity contribution in [2.75, 3.05) is 44.4 Å². The highest BCUT2D eigenvalue weighted by molar-refractivity contribution is 7.89. The molecule has 1 saturated heterocycles. The zero-order valence-electron chi connectivity index (χ0n) is 20.6. The maximum atomic E-state index is 13.5. The van der Waals surface area contributed by atoms with Crippen LogP contribution in [0.2, 0.25) is 0 Å². The van der Waals surface area contributed by atoms with E-state index in [1.807, 2.05) is 31.0 Å². The molecule has 0 spiro atoms. The molecular formula is C26H30FN3O5S. The van der Waals surface area contributed by atoms with Crippen molar-refractivity contribution < 1.29 is 26.8 Å². The van der Waals surface area contributed by atoms with E-state index in [1.54, 1.807) is 23.5 Å². The molecule has 2 aliphatic heterocycles. The van der Waals surface area contributed by atoms with Crippen LogP contribution >= 0.6 is 0 Å². The van der Waals surface area contributed by atoms with Crippen LogP contribution in [0.25, 0.3) is 22.3 Å². The molecule has 1 N–H and O–H groups in total. The van der Waals surface area contributed by atoms with Gasteiger partial charge in [-0.05, 0) is 50.1 Å². The molecule has 0 radical (unpaired) electrons. The maximum Gasteiger partial charge on any atom is 0.255 e. The monoisotopic (exact) mass is 515 g/mol. The first-order valence-corrected chi connectivity index (χ1v) is 13.7. The number of ether oxygens (including phenoxy) is 1. The number of sulfonamides is 1.